The van der Waals surface area contributed by atoms with Gasteiger partial charge < -0.3 is 9.84 Å². The smallest absolute Gasteiger partial charge is 0.189 e. The summed E-state index contributed by atoms with van der Waals surface area (Å²) in [7, 11) is 0. The summed E-state index contributed by atoms with van der Waals surface area (Å²) >= 11 is 0. The van der Waals surface area contributed by atoms with E-state index in [4.69, 9.17) is 4.74 Å². The fraction of sp³-hybridized carbons (Fsp3) is 0.444. The highest BCUT2D eigenvalue weighted by atomic mass is 16.5. The first kappa shape index (κ1) is 22.1. The molecule has 3 nitrogen and oxygen atoms in total. The number of allylic oxidation sites excluding steroid dienone is 1. The fourth-order valence-corrected chi connectivity index (χ4v) is 4.48. The molecule has 0 heterocycles. The van der Waals surface area contributed by atoms with Gasteiger partial charge in [0, 0.05) is 0 Å². The Morgan fingerprint density at radius 2 is 1.67 bits per heavy atom. The third-order valence-electron chi connectivity index (χ3n) is 6.12. The SMILES string of the molecule is Cc1cc(C)c(OCCC2CCCCC2)c(C(=O)C=Cc2cc(C)c(O)c(C)c2)c1. The molecule has 0 saturated heterocycles. The fourth-order valence-electron chi connectivity index (χ4n) is 4.48. The van der Waals surface area contributed by atoms with Crippen molar-refractivity contribution in [3.05, 3.63) is 63.7 Å². The Labute approximate surface area is 180 Å². The topological polar surface area (TPSA) is 46.5 Å². The van der Waals surface area contributed by atoms with Crippen LogP contribution in [0.25, 0.3) is 6.08 Å². The molecule has 3 rings (SSSR count). The van der Waals surface area contributed by atoms with E-state index in [0.29, 0.717) is 23.7 Å². The maximum atomic E-state index is 13.0. The molecular weight excluding hydrogens is 372 g/mol. The lowest BCUT2D eigenvalue weighted by Gasteiger charge is -2.22. The summed E-state index contributed by atoms with van der Waals surface area (Å²) in [5, 5.41) is 9.95. The van der Waals surface area contributed by atoms with Crippen molar-refractivity contribution in [3.8, 4) is 11.5 Å². The van der Waals surface area contributed by atoms with Crippen molar-refractivity contribution in [1.29, 1.82) is 0 Å². The molecule has 0 amide bonds. The Morgan fingerprint density at radius 1 is 1.00 bits per heavy atom. The van der Waals surface area contributed by atoms with E-state index in [-0.39, 0.29) is 5.78 Å². The molecule has 0 spiro atoms. The van der Waals surface area contributed by atoms with Crippen LogP contribution in [0, 0.1) is 33.6 Å². The molecule has 0 aromatic heterocycles. The third kappa shape index (κ3) is 5.53. The Morgan fingerprint density at radius 3 is 2.33 bits per heavy atom. The Bertz CT molecular complexity index is 910. The molecule has 0 radical (unpaired) electrons. The molecule has 2 aromatic carbocycles. The first-order chi connectivity index (χ1) is 14.3. The molecule has 3 heteroatoms. The lowest BCUT2D eigenvalue weighted by Crippen LogP contribution is -2.12. The second-order valence-corrected chi connectivity index (χ2v) is 8.80. The highest BCUT2D eigenvalue weighted by molar-refractivity contribution is 6.09. The molecule has 30 heavy (non-hydrogen) atoms. The van der Waals surface area contributed by atoms with Gasteiger partial charge in [-0.2, -0.15) is 0 Å². The lowest BCUT2D eigenvalue weighted by molar-refractivity contribution is 0.104. The van der Waals surface area contributed by atoms with Gasteiger partial charge in [0.2, 0.25) is 0 Å². The van der Waals surface area contributed by atoms with Gasteiger partial charge in [-0.3, -0.25) is 4.79 Å². The zero-order chi connectivity index (χ0) is 21.7. The average Bonchev–Trinajstić information content (AvgIpc) is 2.72. The van der Waals surface area contributed by atoms with Gasteiger partial charge in [0.05, 0.1) is 12.2 Å². The summed E-state index contributed by atoms with van der Waals surface area (Å²) in [6.07, 6.45) is 11.1. The van der Waals surface area contributed by atoms with Crippen LogP contribution in [0.4, 0.5) is 0 Å². The zero-order valence-corrected chi connectivity index (χ0v) is 18.8. The summed E-state index contributed by atoms with van der Waals surface area (Å²) in [4.78, 5) is 13.0. The van der Waals surface area contributed by atoms with Gasteiger partial charge in [0.25, 0.3) is 0 Å². The Balaban J connectivity index is 1.75. The van der Waals surface area contributed by atoms with E-state index in [1.807, 2.05) is 52.0 Å². The van der Waals surface area contributed by atoms with Gasteiger partial charge in [-0.15, -0.1) is 0 Å². The second-order valence-electron chi connectivity index (χ2n) is 8.80. The number of ketones is 1. The molecule has 1 aliphatic carbocycles. The number of rotatable bonds is 7. The molecule has 0 aliphatic heterocycles. The van der Waals surface area contributed by atoms with Gasteiger partial charge in [-0.05, 0) is 92.1 Å². The van der Waals surface area contributed by atoms with Gasteiger partial charge in [0.15, 0.2) is 5.78 Å². The molecule has 160 valence electrons. The largest absolute Gasteiger partial charge is 0.507 e. The number of benzene rings is 2. The predicted molar refractivity (Wildman–Crippen MR) is 124 cm³/mol. The van der Waals surface area contributed by atoms with E-state index in [9.17, 15) is 9.90 Å². The highest BCUT2D eigenvalue weighted by Crippen LogP contribution is 2.30. The molecule has 1 aliphatic rings. The van der Waals surface area contributed by atoms with Crippen LogP contribution in [0.15, 0.2) is 30.3 Å². The summed E-state index contributed by atoms with van der Waals surface area (Å²) in [5.41, 5.74) is 5.20. The van der Waals surface area contributed by atoms with E-state index in [1.165, 1.54) is 32.1 Å². The zero-order valence-electron chi connectivity index (χ0n) is 18.8. The number of phenols is 1. The van der Waals surface area contributed by atoms with Gasteiger partial charge in [-0.1, -0.05) is 44.2 Å². The third-order valence-corrected chi connectivity index (χ3v) is 6.12. The van der Waals surface area contributed by atoms with Crippen molar-refractivity contribution < 1.29 is 14.6 Å². The van der Waals surface area contributed by atoms with Crippen LogP contribution in [0.5, 0.6) is 11.5 Å². The predicted octanol–water partition coefficient (Wildman–Crippen LogP) is 6.87. The number of hydrogen-bond donors (Lipinski definition) is 1. The van der Waals surface area contributed by atoms with Gasteiger partial charge in [0.1, 0.15) is 11.5 Å². The van der Waals surface area contributed by atoms with Crippen LogP contribution in [-0.4, -0.2) is 17.5 Å². The summed E-state index contributed by atoms with van der Waals surface area (Å²) < 4.78 is 6.17. The quantitative estimate of drug-likeness (QED) is 0.403. The second kappa shape index (κ2) is 9.97. The maximum Gasteiger partial charge on any atom is 0.189 e. The van der Waals surface area contributed by atoms with Crippen molar-refractivity contribution in [1.82, 2.24) is 0 Å². The number of aromatic hydroxyl groups is 1. The van der Waals surface area contributed by atoms with Crippen LogP contribution < -0.4 is 4.74 Å². The van der Waals surface area contributed by atoms with Crippen molar-refractivity contribution in [2.45, 2.75) is 66.2 Å². The lowest BCUT2D eigenvalue weighted by atomic mass is 9.87. The first-order valence-electron chi connectivity index (χ1n) is 11.1. The Hall–Kier alpha value is -2.55. The molecular formula is C27H34O3. The van der Waals surface area contributed by atoms with Crippen molar-refractivity contribution >= 4 is 11.9 Å². The minimum atomic E-state index is -0.0575. The van der Waals surface area contributed by atoms with Gasteiger partial charge >= 0.3 is 0 Å². The van der Waals surface area contributed by atoms with E-state index in [2.05, 4.69) is 6.07 Å². The number of hydrogen-bond acceptors (Lipinski definition) is 3. The monoisotopic (exact) mass is 406 g/mol. The molecule has 0 bridgehead atoms. The van der Waals surface area contributed by atoms with Crippen molar-refractivity contribution in [2.24, 2.45) is 5.92 Å². The van der Waals surface area contributed by atoms with Crippen LogP contribution in [0.3, 0.4) is 0 Å². The summed E-state index contributed by atoms with van der Waals surface area (Å²) in [5.74, 6) is 1.72. The molecule has 2 aromatic rings. The minimum absolute atomic E-state index is 0.0575. The standard InChI is InChI=1S/C27H34O3/c1-18-14-21(4)27(30-13-12-22-8-6-5-7-9-22)24(15-18)25(28)11-10-23-16-19(2)26(29)20(3)17-23/h10-11,14-17,22,29H,5-9,12-13H2,1-4H3. The number of phenolic OH excluding ortho intramolecular Hbond substituents is 1. The first-order valence-corrected chi connectivity index (χ1v) is 11.1. The molecule has 1 N–H and O–H groups in total. The summed E-state index contributed by atoms with van der Waals surface area (Å²) in [6.45, 7) is 8.41. The van der Waals surface area contributed by atoms with E-state index in [0.717, 1.165) is 40.2 Å². The Kier molecular flexibility index (Phi) is 7.36. The van der Waals surface area contributed by atoms with Crippen LogP contribution in [0.2, 0.25) is 0 Å². The minimum Gasteiger partial charge on any atom is -0.507 e. The normalized spacial score (nSPS) is 14.9. The number of ether oxygens (including phenoxy) is 1. The van der Waals surface area contributed by atoms with Crippen LogP contribution in [0.1, 0.15) is 76.7 Å². The van der Waals surface area contributed by atoms with Crippen molar-refractivity contribution in [3.63, 3.8) is 0 Å². The van der Waals surface area contributed by atoms with Crippen LogP contribution >= 0.6 is 0 Å². The molecule has 0 atom stereocenters. The number of carbonyl (C=O) groups excluding carboxylic acids is 1. The highest BCUT2D eigenvalue weighted by Gasteiger charge is 2.17. The summed E-state index contributed by atoms with van der Waals surface area (Å²) in [6, 6.07) is 7.76. The average molecular weight is 407 g/mol. The number of carbonyl (C=O) groups is 1. The van der Waals surface area contributed by atoms with Crippen molar-refractivity contribution in [2.75, 3.05) is 6.61 Å². The van der Waals surface area contributed by atoms with E-state index < -0.39 is 0 Å². The number of aryl methyl sites for hydroxylation is 4. The maximum absolute atomic E-state index is 13.0. The van der Waals surface area contributed by atoms with E-state index >= 15 is 0 Å². The molecule has 1 fully saturated rings. The van der Waals surface area contributed by atoms with E-state index in [1.54, 1.807) is 6.08 Å². The molecule has 0 unspecified atom stereocenters. The van der Waals surface area contributed by atoms with Crippen LogP contribution in [-0.2, 0) is 0 Å². The molecule has 1 saturated carbocycles. The van der Waals surface area contributed by atoms with Gasteiger partial charge in [-0.25, -0.2) is 0 Å².